The van der Waals surface area contributed by atoms with Crippen LogP contribution in [0.15, 0.2) is 18.3 Å². The van der Waals surface area contributed by atoms with Crippen LogP contribution < -0.4 is 0 Å². The van der Waals surface area contributed by atoms with E-state index in [0.29, 0.717) is 5.69 Å². The summed E-state index contributed by atoms with van der Waals surface area (Å²) in [5, 5.41) is 22.1. The lowest BCUT2D eigenvalue weighted by molar-refractivity contribution is 0.448. The molecule has 1 radical (unpaired) electrons. The van der Waals surface area contributed by atoms with E-state index in [1.165, 1.54) is 0 Å². The SMILES string of the molecule is N#Cc1ccc[nH]1.O[B]O. The van der Waals surface area contributed by atoms with Gasteiger partial charge in [0.2, 0.25) is 0 Å². The van der Waals surface area contributed by atoms with Crippen molar-refractivity contribution in [2.24, 2.45) is 0 Å². The van der Waals surface area contributed by atoms with Crippen LogP contribution in [0.2, 0.25) is 0 Å². The first-order chi connectivity index (χ1) is 4.85. The van der Waals surface area contributed by atoms with Crippen molar-refractivity contribution in [3.8, 4) is 6.07 Å². The van der Waals surface area contributed by atoms with Crippen LogP contribution in [0.3, 0.4) is 0 Å². The fraction of sp³-hybridized carbons (Fsp3) is 0. The molecule has 0 atom stereocenters. The van der Waals surface area contributed by atoms with Gasteiger partial charge in [0.25, 0.3) is 0 Å². The molecule has 10 heavy (non-hydrogen) atoms. The average molecular weight is 137 g/mol. The van der Waals surface area contributed by atoms with Gasteiger partial charge in [0.1, 0.15) is 11.8 Å². The van der Waals surface area contributed by atoms with E-state index in [1.54, 1.807) is 18.3 Å². The second-order valence-electron chi connectivity index (χ2n) is 1.31. The van der Waals surface area contributed by atoms with E-state index in [9.17, 15) is 0 Å². The number of hydrogen-bond donors (Lipinski definition) is 3. The maximum Gasteiger partial charge on any atom is 0.482 e. The second kappa shape index (κ2) is 5.88. The van der Waals surface area contributed by atoms with Crippen LogP contribution in [0, 0.1) is 11.3 Å². The molecule has 3 N–H and O–H groups in total. The zero-order chi connectivity index (χ0) is 7.82. The van der Waals surface area contributed by atoms with Crippen LogP contribution in [0.1, 0.15) is 5.69 Å². The van der Waals surface area contributed by atoms with E-state index in [0.717, 1.165) is 0 Å². The molecule has 0 saturated carbocycles. The lowest BCUT2D eigenvalue weighted by Crippen LogP contribution is -1.75. The zero-order valence-corrected chi connectivity index (χ0v) is 5.15. The van der Waals surface area contributed by atoms with Crippen molar-refractivity contribution in [3.05, 3.63) is 24.0 Å². The average Bonchev–Trinajstić information content (AvgIpc) is 2.39. The molecule has 0 spiro atoms. The van der Waals surface area contributed by atoms with E-state index in [2.05, 4.69) is 4.98 Å². The summed E-state index contributed by atoms with van der Waals surface area (Å²) in [6.07, 6.45) is 1.72. The Morgan fingerprint density at radius 1 is 1.60 bits per heavy atom. The van der Waals surface area contributed by atoms with Gasteiger partial charge in [-0.25, -0.2) is 0 Å². The minimum absolute atomic E-state index is 0. The molecule has 0 saturated heterocycles. The molecular formula is C5H6BN2O2. The Hall–Kier alpha value is -1.25. The molecule has 0 aliphatic heterocycles. The molecule has 4 nitrogen and oxygen atoms in total. The van der Waals surface area contributed by atoms with E-state index in [4.69, 9.17) is 15.3 Å². The molecule has 0 fully saturated rings. The lowest BCUT2D eigenvalue weighted by Gasteiger charge is -1.66. The highest BCUT2D eigenvalue weighted by atomic mass is 16.4. The summed E-state index contributed by atoms with van der Waals surface area (Å²) in [4.78, 5) is 2.73. The molecule has 0 unspecified atom stereocenters. The zero-order valence-electron chi connectivity index (χ0n) is 5.15. The van der Waals surface area contributed by atoms with Gasteiger partial charge in [0.05, 0.1) is 0 Å². The quantitative estimate of drug-likeness (QED) is 0.417. The molecule has 0 aliphatic carbocycles. The van der Waals surface area contributed by atoms with Gasteiger partial charge in [-0.05, 0) is 12.1 Å². The Kier molecular flexibility index (Phi) is 5.15. The number of nitrogens with zero attached hydrogens (tertiary/aromatic N) is 1. The first kappa shape index (κ1) is 8.75. The first-order valence-electron chi connectivity index (χ1n) is 2.48. The summed E-state index contributed by atoms with van der Waals surface area (Å²) in [6.45, 7) is 0. The molecule has 5 heteroatoms. The third-order valence-corrected chi connectivity index (χ3v) is 0.718. The molecule has 1 rings (SSSR count). The van der Waals surface area contributed by atoms with E-state index >= 15 is 0 Å². The molecule has 0 amide bonds. The van der Waals surface area contributed by atoms with Gasteiger partial charge in [0, 0.05) is 6.20 Å². The second-order valence-corrected chi connectivity index (χ2v) is 1.31. The fourth-order valence-corrected chi connectivity index (χ4v) is 0.400. The standard InChI is InChI=1S/C5H4N2.BH2O2/c6-4-5-2-1-3-7-5;2-1-3/h1-3,7H;2-3H. The normalized spacial score (nSPS) is 6.90. The minimum Gasteiger partial charge on any atom is -0.429 e. The van der Waals surface area contributed by atoms with E-state index in [1.807, 2.05) is 6.07 Å². The predicted molar refractivity (Wildman–Crippen MR) is 35.7 cm³/mol. The molecule has 0 aliphatic rings. The Labute approximate surface area is 59.0 Å². The van der Waals surface area contributed by atoms with Crippen molar-refractivity contribution in [1.82, 2.24) is 4.98 Å². The lowest BCUT2D eigenvalue weighted by atomic mass is 10.5. The Balaban J connectivity index is 0.000000236. The van der Waals surface area contributed by atoms with Gasteiger partial charge in [-0.2, -0.15) is 5.26 Å². The van der Waals surface area contributed by atoms with Gasteiger partial charge < -0.3 is 15.0 Å². The van der Waals surface area contributed by atoms with Gasteiger partial charge in [-0.1, -0.05) is 0 Å². The fourth-order valence-electron chi connectivity index (χ4n) is 0.400. The number of hydrogen-bond acceptors (Lipinski definition) is 3. The molecule has 1 aromatic rings. The molecule has 1 heterocycles. The number of rotatable bonds is 0. The highest BCUT2D eigenvalue weighted by Gasteiger charge is 1.80. The molecule has 0 aromatic carbocycles. The summed E-state index contributed by atoms with van der Waals surface area (Å²) in [5.41, 5.74) is 0.611. The van der Waals surface area contributed by atoms with Crippen molar-refractivity contribution in [1.29, 1.82) is 5.26 Å². The predicted octanol–water partition coefficient (Wildman–Crippen LogP) is -0.608. The topological polar surface area (TPSA) is 80.0 Å². The third-order valence-electron chi connectivity index (χ3n) is 0.718. The van der Waals surface area contributed by atoms with Crippen molar-refractivity contribution >= 4 is 7.69 Å². The Morgan fingerprint density at radius 2 is 2.20 bits per heavy atom. The monoisotopic (exact) mass is 137 g/mol. The summed E-state index contributed by atoms with van der Waals surface area (Å²) >= 11 is 0. The van der Waals surface area contributed by atoms with Crippen LogP contribution in [-0.2, 0) is 0 Å². The van der Waals surface area contributed by atoms with Crippen LogP contribution in [-0.4, -0.2) is 22.7 Å². The molecular weight excluding hydrogens is 131 g/mol. The number of H-pyrrole nitrogens is 1. The molecule has 1 aromatic heterocycles. The number of aromatic nitrogens is 1. The van der Waals surface area contributed by atoms with Crippen molar-refractivity contribution < 1.29 is 10.0 Å². The number of nitrogens with one attached hydrogen (secondary N) is 1. The Bertz CT molecular complexity index is 192. The largest absolute Gasteiger partial charge is 0.482 e. The van der Waals surface area contributed by atoms with Gasteiger partial charge in [0.15, 0.2) is 0 Å². The highest BCUT2D eigenvalue weighted by molar-refractivity contribution is 6.13. The first-order valence-corrected chi connectivity index (χ1v) is 2.48. The van der Waals surface area contributed by atoms with E-state index in [-0.39, 0.29) is 7.69 Å². The van der Waals surface area contributed by atoms with Gasteiger partial charge >= 0.3 is 7.69 Å². The summed E-state index contributed by atoms with van der Waals surface area (Å²) in [5.74, 6) is 0. The summed E-state index contributed by atoms with van der Waals surface area (Å²) in [7, 11) is 0. The molecule has 51 valence electrons. The molecule has 0 bridgehead atoms. The van der Waals surface area contributed by atoms with Crippen molar-refractivity contribution in [2.75, 3.05) is 0 Å². The van der Waals surface area contributed by atoms with Crippen LogP contribution in [0.4, 0.5) is 0 Å². The van der Waals surface area contributed by atoms with Crippen molar-refractivity contribution in [2.45, 2.75) is 0 Å². The van der Waals surface area contributed by atoms with Gasteiger partial charge in [-0.15, -0.1) is 0 Å². The third kappa shape index (κ3) is 3.72. The van der Waals surface area contributed by atoms with E-state index < -0.39 is 0 Å². The minimum atomic E-state index is 0. The number of nitriles is 1. The van der Waals surface area contributed by atoms with Crippen LogP contribution in [0.25, 0.3) is 0 Å². The number of aromatic amines is 1. The highest BCUT2D eigenvalue weighted by Crippen LogP contribution is 1.87. The van der Waals surface area contributed by atoms with Crippen molar-refractivity contribution in [3.63, 3.8) is 0 Å². The maximum atomic E-state index is 8.15. The summed E-state index contributed by atoms with van der Waals surface area (Å²) < 4.78 is 0. The maximum absolute atomic E-state index is 8.15. The smallest absolute Gasteiger partial charge is 0.429 e. The Morgan fingerprint density at radius 3 is 2.40 bits per heavy atom. The summed E-state index contributed by atoms with van der Waals surface area (Å²) in [6, 6.07) is 5.46. The van der Waals surface area contributed by atoms with Crippen LogP contribution >= 0.6 is 0 Å². The van der Waals surface area contributed by atoms with Gasteiger partial charge in [-0.3, -0.25) is 0 Å². The van der Waals surface area contributed by atoms with Crippen LogP contribution in [0.5, 0.6) is 0 Å².